The van der Waals surface area contributed by atoms with Gasteiger partial charge in [0.05, 0.1) is 12.0 Å². The van der Waals surface area contributed by atoms with Crippen molar-refractivity contribution < 1.29 is 18.7 Å². The highest BCUT2D eigenvalue weighted by molar-refractivity contribution is 6.30. The van der Waals surface area contributed by atoms with E-state index in [1.807, 2.05) is 28.0 Å². The number of carbonyl (C=O) groups is 2. The third-order valence-corrected chi connectivity index (χ3v) is 9.20. The van der Waals surface area contributed by atoms with Crippen molar-refractivity contribution in [2.24, 2.45) is 5.41 Å². The second-order valence-corrected chi connectivity index (χ2v) is 12.1. The number of hydrogen-bond donors (Lipinski definition) is 0. The van der Waals surface area contributed by atoms with E-state index in [1.54, 1.807) is 24.3 Å². The molecule has 0 aromatic heterocycles. The van der Waals surface area contributed by atoms with E-state index in [4.69, 9.17) is 16.3 Å². The van der Waals surface area contributed by atoms with Crippen molar-refractivity contribution in [2.45, 2.75) is 50.4 Å². The summed E-state index contributed by atoms with van der Waals surface area (Å²) in [6.07, 6.45) is 4.99. The minimum absolute atomic E-state index is 0.00675. The Morgan fingerprint density at radius 1 is 0.897 bits per heavy atom. The molecule has 210 valence electrons. The van der Waals surface area contributed by atoms with E-state index in [0.717, 1.165) is 38.8 Å². The lowest BCUT2D eigenvalue weighted by Crippen LogP contribution is -2.56. The number of rotatable bonds is 7. The van der Waals surface area contributed by atoms with Crippen LogP contribution in [0, 0.1) is 11.2 Å². The summed E-state index contributed by atoms with van der Waals surface area (Å²) in [6, 6.07) is 14.0. The summed E-state index contributed by atoms with van der Waals surface area (Å²) in [4.78, 5) is 34.0. The number of halogens is 2. The summed E-state index contributed by atoms with van der Waals surface area (Å²) in [5.41, 5.74) is -0.856. The molecular formula is C31H39ClFN3O3. The Labute approximate surface area is 236 Å². The van der Waals surface area contributed by atoms with Crippen LogP contribution < -0.4 is 4.74 Å². The summed E-state index contributed by atoms with van der Waals surface area (Å²) in [5.74, 6) is 0.481. The Hall–Kier alpha value is -2.64. The fourth-order valence-electron chi connectivity index (χ4n) is 6.68. The third kappa shape index (κ3) is 6.09. The standard InChI is InChI=1S/C31H39ClFN3O3/c1-34-17-19-35(20-18-34)28(37)21-30(23-39-25-11-9-24(32)10-12-25)13-6-16-36(22-30)29(38)31(14-4-5-15-31)26-7-2-3-8-27(26)33/h2-3,7-12H,4-6,13-23H2,1H3/t30-/m1/s1. The molecular weight excluding hydrogens is 517 g/mol. The molecule has 2 aliphatic heterocycles. The molecule has 2 aromatic carbocycles. The van der Waals surface area contributed by atoms with E-state index in [2.05, 4.69) is 11.9 Å². The van der Waals surface area contributed by atoms with Gasteiger partial charge >= 0.3 is 0 Å². The number of likely N-dealkylation sites (N-methyl/N-ethyl adjacent to an activating group) is 1. The van der Waals surface area contributed by atoms with Crippen molar-refractivity contribution in [1.82, 2.24) is 14.7 Å². The summed E-state index contributed by atoms with van der Waals surface area (Å²) in [7, 11) is 2.07. The lowest BCUT2D eigenvalue weighted by atomic mass is 9.73. The molecule has 3 aliphatic rings. The highest BCUT2D eigenvalue weighted by Gasteiger charge is 2.49. The van der Waals surface area contributed by atoms with Gasteiger partial charge < -0.3 is 19.4 Å². The van der Waals surface area contributed by atoms with E-state index in [0.29, 0.717) is 68.4 Å². The van der Waals surface area contributed by atoms with Crippen molar-refractivity contribution >= 4 is 23.4 Å². The van der Waals surface area contributed by atoms with Gasteiger partial charge in [0.2, 0.25) is 11.8 Å². The highest BCUT2D eigenvalue weighted by Crippen LogP contribution is 2.45. The molecule has 0 radical (unpaired) electrons. The minimum atomic E-state index is -0.840. The zero-order valence-corrected chi connectivity index (χ0v) is 23.6. The van der Waals surface area contributed by atoms with Crippen LogP contribution >= 0.6 is 11.6 Å². The van der Waals surface area contributed by atoms with Gasteiger partial charge in [0.1, 0.15) is 11.6 Å². The van der Waals surface area contributed by atoms with Crippen LogP contribution in [0.25, 0.3) is 0 Å². The molecule has 3 fully saturated rings. The second kappa shape index (κ2) is 11.8. The van der Waals surface area contributed by atoms with Crippen LogP contribution in [0.1, 0.15) is 50.5 Å². The Morgan fingerprint density at radius 2 is 1.59 bits per heavy atom. The van der Waals surface area contributed by atoms with Crippen molar-refractivity contribution in [3.8, 4) is 5.75 Å². The predicted molar refractivity (Wildman–Crippen MR) is 150 cm³/mol. The Morgan fingerprint density at radius 3 is 2.28 bits per heavy atom. The lowest BCUT2D eigenvalue weighted by molar-refractivity contribution is -0.146. The van der Waals surface area contributed by atoms with Gasteiger partial charge in [0.25, 0.3) is 0 Å². The van der Waals surface area contributed by atoms with Gasteiger partial charge in [-0.05, 0) is 63.1 Å². The molecule has 0 bridgehead atoms. The fraction of sp³-hybridized carbons (Fsp3) is 0.548. The Kier molecular flexibility index (Phi) is 8.48. The van der Waals surface area contributed by atoms with Crippen LogP contribution in [0.3, 0.4) is 0 Å². The summed E-state index contributed by atoms with van der Waals surface area (Å²) in [5, 5.41) is 0.631. The lowest BCUT2D eigenvalue weighted by Gasteiger charge is -2.46. The summed E-state index contributed by atoms with van der Waals surface area (Å²) in [6.45, 7) is 4.50. The number of carbonyl (C=O) groups excluding carboxylic acids is 2. The maximum absolute atomic E-state index is 15.1. The van der Waals surface area contributed by atoms with E-state index in [1.165, 1.54) is 6.07 Å². The first-order valence-electron chi connectivity index (χ1n) is 14.2. The van der Waals surface area contributed by atoms with Crippen LogP contribution in [0.2, 0.25) is 5.02 Å². The van der Waals surface area contributed by atoms with E-state index in [9.17, 15) is 9.59 Å². The zero-order valence-electron chi connectivity index (χ0n) is 22.8. The van der Waals surface area contributed by atoms with Gasteiger partial charge in [-0.2, -0.15) is 0 Å². The zero-order chi connectivity index (χ0) is 27.5. The number of hydrogen-bond acceptors (Lipinski definition) is 4. The molecule has 39 heavy (non-hydrogen) atoms. The molecule has 6 nitrogen and oxygen atoms in total. The number of likely N-dealkylation sites (tertiary alicyclic amines) is 1. The Bertz CT molecular complexity index is 1160. The van der Waals surface area contributed by atoms with Crippen molar-refractivity contribution in [2.75, 3.05) is 52.9 Å². The van der Waals surface area contributed by atoms with Gasteiger partial charge in [0, 0.05) is 61.7 Å². The number of benzene rings is 2. The molecule has 2 saturated heterocycles. The molecule has 1 saturated carbocycles. The normalized spacial score (nSPS) is 23.6. The molecule has 8 heteroatoms. The maximum Gasteiger partial charge on any atom is 0.233 e. The smallest absolute Gasteiger partial charge is 0.233 e. The van der Waals surface area contributed by atoms with Crippen molar-refractivity contribution in [3.63, 3.8) is 0 Å². The average molecular weight is 556 g/mol. The third-order valence-electron chi connectivity index (χ3n) is 8.95. The number of amides is 2. The fourth-order valence-corrected chi connectivity index (χ4v) is 6.81. The van der Waals surface area contributed by atoms with Crippen LogP contribution in [0.4, 0.5) is 4.39 Å². The molecule has 5 rings (SSSR count). The van der Waals surface area contributed by atoms with Crippen molar-refractivity contribution in [3.05, 3.63) is 64.9 Å². The first-order valence-corrected chi connectivity index (χ1v) is 14.6. The minimum Gasteiger partial charge on any atom is -0.493 e. The quantitative estimate of drug-likeness (QED) is 0.474. The molecule has 1 aliphatic carbocycles. The van der Waals surface area contributed by atoms with Crippen LogP contribution in [-0.2, 0) is 15.0 Å². The molecule has 0 spiro atoms. The highest BCUT2D eigenvalue weighted by atomic mass is 35.5. The average Bonchev–Trinajstić information content (AvgIpc) is 3.44. The molecule has 2 heterocycles. The number of nitrogens with zero attached hydrogens (tertiary/aromatic N) is 3. The summed E-state index contributed by atoms with van der Waals surface area (Å²) >= 11 is 6.06. The largest absolute Gasteiger partial charge is 0.493 e. The first-order chi connectivity index (χ1) is 18.8. The molecule has 2 aromatic rings. The van der Waals surface area contributed by atoms with Crippen LogP contribution in [0.15, 0.2) is 48.5 Å². The Balaban J connectivity index is 1.39. The molecule has 2 amide bonds. The van der Waals surface area contributed by atoms with E-state index < -0.39 is 10.8 Å². The monoisotopic (exact) mass is 555 g/mol. The van der Waals surface area contributed by atoms with Gasteiger partial charge in [-0.25, -0.2) is 4.39 Å². The number of ether oxygens (including phenoxy) is 1. The van der Waals surface area contributed by atoms with Crippen molar-refractivity contribution in [1.29, 1.82) is 0 Å². The van der Waals surface area contributed by atoms with Crippen LogP contribution in [0.5, 0.6) is 5.75 Å². The maximum atomic E-state index is 15.1. The molecule has 0 unspecified atom stereocenters. The van der Waals surface area contributed by atoms with Crippen LogP contribution in [-0.4, -0.2) is 79.4 Å². The molecule has 0 N–H and O–H groups in total. The predicted octanol–water partition coefficient (Wildman–Crippen LogP) is 5.14. The SMILES string of the molecule is CN1CCN(C(=O)C[C@]2(COc3ccc(Cl)cc3)CCCN(C(=O)C3(c4ccccc4F)CCCC3)C2)CC1. The van der Waals surface area contributed by atoms with Gasteiger partial charge in [-0.15, -0.1) is 0 Å². The molecule has 1 atom stereocenters. The number of piperidine rings is 1. The van der Waals surface area contributed by atoms with E-state index >= 15 is 4.39 Å². The number of piperazine rings is 1. The van der Waals surface area contributed by atoms with Gasteiger partial charge in [-0.1, -0.05) is 42.6 Å². The van der Waals surface area contributed by atoms with E-state index in [-0.39, 0.29) is 17.6 Å². The second-order valence-electron chi connectivity index (χ2n) is 11.7. The topological polar surface area (TPSA) is 53.1 Å². The van der Waals surface area contributed by atoms with Gasteiger partial charge in [-0.3, -0.25) is 9.59 Å². The summed E-state index contributed by atoms with van der Waals surface area (Å²) < 4.78 is 21.3. The van der Waals surface area contributed by atoms with Gasteiger partial charge in [0.15, 0.2) is 0 Å². The first kappa shape index (κ1) is 27.9.